The Morgan fingerprint density at radius 1 is 1.13 bits per heavy atom. The van der Waals surface area contributed by atoms with Crippen LogP contribution in [0.3, 0.4) is 0 Å². The molecule has 0 bridgehead atoms. The van der Waals surface area contributed by atoms with E-state index in [0.717, 1.165) is 16.9 Å². The van der Waals surface area contributed by atoms with Gasteiger partial charge in [0, 0.05) is 23.1 Å². The molecule has 0 saturated carbocycles. The first-order valence-electron chi connectivity index (χ1n) is 9.75. The van der Waals surface area contributed by atoms with Crippen LogP contribution in [0.2, 0.25) is 5.02 Å². The van der Waals surface area contributed by atoms with Crippen LogP contribution in [-0.4, -0.2) is 25.7 Å². The zero-order valence-electron chi connectivity index (χ0n) is 17.0. The highest BCUT2D eigenvalue weighted by Gasteiger charge is 2.18. The van der Waals surface area contributed by atoms with Gasteiger partial charge in [0.1, 0.15) is 5.75 Å². The van der Waals surface area contributed by atoms with E-state index in [2.05, 4.69) is 20.4 Å². The maximum atomic E-state index is 13.0. The Balaban J connectivity index is 1.54. The molecule has 156 valence electrons. The Morgan fingerprint density at radius 3 is 2.65 bits per heavy atom. The van der Waals surface area contributed by atoms with Gasteiger partial charge in [-0.2, -0.15) is 5.10 Å². The van der Waals surface area contributed by atoms with Gasteiger partial charge in [0.15, 0.2) is 0 Å². The van der Waals surface area contributed by atoms with E-state index in [9.17, 15) is 4.79 Å². The summed E-state index contributed by atoms with van der Waals surface area (Å²) < 4.78 is 7.38. The minimum absolute atomic E-state index is 0.228. The number of halogens is 1. The van der Waals surface area contributed by atoms with Gasteiger partial charge in [-0.1, -0.05) is 24.6 Å². The fourth-order valence-electron chi connectivity index (χ4n) is 3.21. The van der Waals surface area contributed by atoms with Crippen molar-refractivity contribution >= 4 is 23.2 Å². The van der Waals surface area contributed by atoms with Crippen molar-refractivity contribution in [1.29, 1.82) is 0 Å². The monoisotopic (exact) mass is 433 g/mol. The van der Waals surface area contributed by atoms with Crippen LogP contribution in [-0.2, 0) is 6.42 Å². The average Bonchev–Trinajstić information content (AvgIpc) is 3.21. The highest BCUT2D eigenvalue weighted by molar-refractivity contribution is 6.30. The molecule has 7 nitrogen and oxygen atoms in total. The summed E-state index contributed by atoms with van der Waals surface area (Å²) in [6, 6.07) is 14.7. The summed E-state index contributed by atoms with van der Waals surface area (Å²) >= 11 is 6.11. The van der Waals surface area contributed by atoms with Crippen LogP contribution in [0.25, 0.3) is 5.69 Å². The minimum Gasteiger partial charge on any atom is -0.424 e. The summed E-state index contributed by atoms with van der Waals surface area (Å²) in [6.45, 7) is 3.88. The highest BCUT2D eigenvalue weighted by atomic mass is 35.5. The van der Waals surface area contributed by atoms with Crippen molar-refractivity contribution < 1.29 is 9.53 Å². The first-order chi connectivity index (χ1) is 15.0. The van der Waals surface area contributed by atoms with Crippen LogP contribution in [0, 0.1) is 6.92 Å². The summed E-state index contributed by atoms with van der Waals surface area (Å²) in [6.07, 6.45) is 5.43. The number of anilines is 1. The third-order valence-corrected chi connectivity index (χ3v) is 4.93. The molecular formula is C23H20ClN5O2. The fourth-order valence-corrected chi connectivity index (χ4v) is 3.39. The summed E-state index contributed by atoms with van der Waals surface area (Å²) in [5.41, 5.74) is 3.66. The number of carbonyl (C=O) groups excluding carboxylic acids is 1. The molecule has 31 heavy (non-hydrogen) atoms. The molecule has 8 heteroatoms. The van der Waals surface area contributed by atoms with Gasteiger partial charge in [-0.15, -0.1) is 0 Å². The first kappa shape index (κ1) is 20.6. The molecule has 0 atom stereocenters. The van der Waals surface area contributed by atoms with Crippen LogP contribution < -0.4 is 10.1 Å². The van der Waals surface area contributed by atoms with Gasteiger partial charge in [-0.3, -0.25) is 4.79 Å². The Bertz CT molecular complexity index is 1220. The normalized spacial score (nSPS) is 10.7. The Hall–Kier alpha value is -3.71. The fraction of sp³-hybridized carbons (Fsp3) is 0.130. The number of amides is 1. The lowest BCUT2D eigenvalue weighted by atomic mass is 10.1. The van der Waals surface area contributed by atoms with E-state index in [1.54, 1.807) is 47.5 Å². The zero-order chi connectivity index (χ0) is 21.8. The van der Waals surface area contributed by atoms with Crippen molar-refractivity contribution in [1.82, 2.24) is 19.7 Å². The van der Waals surface area contributed by atoms with Gasteiger partial charge in [0.25, 0.3) is 5.91 Å². The highest BCUT2D eigenvalue weighted by Crippen LogP contribution is 2.25. The van der Waals surface area contributed by atoms with E-state index in [1.165, 1.54) is 0 Å². The number of ether oxygens (including phenoxy) is 1. The van der Waals surface area contributed by atoms with Crippen molar-refractivity contribution in [2.75, 3.05) is 5.32 Å². The second-order valence-corrected chi connectivity index (χ2v) is 7.25. The number of carbonyl (C=O) groups is 1. The largest absolute Gasteiger partial charge is 0.424 e. The molecule has 0 aliphatic heterocycles. The topological polar surface area (TPSA) is 81.9 Å². The molecule has 2 heterocycles. The quantitative estimate of drug-likeness (QED) is 0.450. The van der Waals surface area contributed by atoms with Gasteiger partial charge in [0.2, 0.25) is 0 Å². The summed E-state index contributed by atoms with van der Waals surface area (Å²) in [7, 11) is 0. The molecule has 0 spiro atoms. The van der Waals surface area contributed by atoms with E-state index >= 15 is 0 Å². The summed E-state index contributed by atoms with van der Waals surface area (Å²) in [4.78, 5) is 21.1. The van der Waals surface area contributed by atoms with E-state index in [1.807, 2.05) is 38.1 Å². The molecular weight excluding hydrogens is 414 g/mol. The lowest BCUT2D eigenvalue weighted by Gasteiger charge is -2.11. The van der Waals surface area contributed by atoms with Crippen molar-refractivity contribution in [3.05, 3.63) is 89.0 Å². The maximum absolute atomic E-state index is 13.0. The molecule has 2 aromatic heterocycles. The number of nitrogens with zero attached hydrogens (tertiary/aromatic N) is 4. The van der Waals surface area contributed by atoms with Crippen LogP contribution in [0.4, 0.5) is 5.69 Å². The lowest BCUT2D eigenvalue weighted by molar-refractivity contribution is 0.102. The Labute approximate surface area is 184 Å². The van der Waals surface area contributed by atoms with Crippen molar-refractivity contribution in [3.63, 3.8) is 0 Å². The molecule has 0 radical (unpaired) electrons. The summed E-state index contributed by atoms with van der Waals surface area (Å²) in [5.74, 6) is 0.359. The number of benzene rings is 2. The van der Waals surface area contributed by atoms with Gasteiger partial charge in [-0.25, -0.2) is 14.6 Å². The molecule has 1 N–H and O–H groups in total. The van der Waals surface area contributed by atoms with E-state index < -0.39 is 0 Å². The van der Waals surface area contributed by atoms with Crippen molar-refractivity contribution in [2.24, 2.45) is 0 Å². The number of nitrogens with one attached hydrogen (secondary N) is 1. The third kappa shape index (κ3) is 4.57. The molecule has 0 fully saturated rings. The van der Waals surface area contributed by atoms with Crippen LogP contribution in [0.15, 0.2) is 67.1 Å². The van der Waals surface area contributed by atoms with E-state index in [4.69, 9.17) is 16.3 Å². The molecule has 4 rings (SSSR count). The number of aromatic nitrogens is 4. The standard InChI is InChI=1S/C23H20ClN5O2/c1-3-21-19(14-27-29(21)17-7-4-6-16(24)13-17)22(30)28-20-9-8-18(12-15(20)2)31-23-25-10-5-11-26-23/h4-14H,3H2,1-2H3,(H,28,30). The average molecular weight is 434 g/mol. The van der Waals surface area contributed by atoms with Crippen molar-refractivity contribution in [2.45, 2.75) is 20.3 Å². The lowest BCUT2D eigenvalue weighted by Crippen LogP contribution is -2.15. The van der Waals surface area contributed by atoms with E-state index in [-0.39, 0.29) is 11.9 Å². The number of hydrogen-bond donors (Lipinski definition) is 1. The Kier molecular flexibility index (Phi) is 5.95. The third-order valence-electron chi connectivity index (χ3n) is 4.70. The van der Waals surface area contributed by atoms with Crippen LogP contribution >= 0.6 is 11.6 Å². The Morgan fingerprint density at radius 2 is 1.94 bits per heavy atom. The smallest absolute Gasteiger partial charge is 0.321 e. The summed E-state index contributed by atoms with van der Waals surface area (Å²) in [5, 5.41) is 7.98. The molecule has 2 aromatic carbocycles. The van der Waals surface area contributed by atoms with E-state index in [0.29, 0.717) is 28.4 Å². The minimum atomic E-state index is -0.228. The van der Waals surface area contributed by atoms with Gasteiger partial charge >= 0.3 is 6.01 Å². The molecule has 0 saturated heterocycles. The van der Waals surface area contributed by atoms with Gasteiger partial charge in [-0.05, 0) is 61.4 Å². The van der Waals surface area contributed by atoms with Gasteiger partial charge < -0.3 is 10.1 Å². The SMILES string of the molecule is CCc1c(C(=O)Nc2ccc(Oc3ncccn3)cc2C)cnn1-c1cccc(Cl)c1. The molecule has 4 aromatic rings. The van der Waals surface area contributed by atoms with Crippen LogP contribution in [0.1, 0.15) is 28.5 Å². The number of aryl methyl sites for hydroxylation is 1. The van der Waals surface area contributed by atoms with Gasteiger partial charge in [0.05, 0.1) is 23.1 Å². The van der Waals surface area contributed by atoms with Crippen molar-refractivity contribution in [3.8, 4) is 17.4 Å². The number of rotatable bonds is 6. The molecule has 0 aliphatic carbocycles. The predicted molar refractivity (Wildman–Crippen MR) is 119 cm³/mol. The first-order valence-corrected chi connectivity index (χ1v) is 10.1. The zero-order valence-corrected chi connectivity index (χ0v) is 17.8. The predicted octanol–water partition coefficient (Wildman–Crippen LogP) is 5.23. The molecule has 1 amide bonds. The second kappa shape index (κ2) is 8.97. The molecule has 0 unspecified atom stereocenters. The number of hydrogen-bond acceptors (Lipinski definition) is 5. The molecule has 0 aliphatic rings. The maximum Gasteiger partial charge on any atom is 0.321 e. The second-order valence-electron chi connectivity index (χ2n) is 6.81. The van der Waals surface area contributed by atoms with Crippen LogP contribution in [0.5, 0.6) is 11.8 Å².